The van der Waals surface area contributed by atoms with E-state index in [-0.39, 0.29) is 0 Å². The quantitative estimate of drug-likeness (QED) is 0.512. The maximum absolute atomic E-state index is 8.50. The molecule has 1 spiro atoms. The molecule has 2 N–H and O–H groups in total. The predicted molar refractivity (Wildman–Crippen MR) is 33.4 cm³/mol. The van der Waals surface area contributed by atoms with Gasteiger partial charge in [-0.2, -0.15) is 5.26 Å². The van der Waals surface area contributed by atoms with Crippen LogP contribution in [-0.4, -0.2) is 6.04 Å². The van der Waals surface area contributed by atoms with Crippen molar-refractivity contribution in [3.05, 3.63) is 0 Å². The largest absolute Gasteiger partial charge is 0.328 e. The summed E-state index contributed by atoms with van der Waals surface area (Å²) >= 11 is 0. The third-order valence-electron chi connectivity index (χ3n) is 2.68. The molecule has 2 aliphatic carbocycles. The van der Waals surface area contributed by atoms with E-state index in [1.165, 1.54) is 0 Å². The highest BCUT2D eigenvalue weighted by Gasteiger charge is 2.60. The van der Waals surface area contributed by atoms with Crippen LogP contribution in [0, 0.1) is 22.7 Å². The van der Waals surface area contributed by atoms with Crippen molar-refractivity contribution in [2.45, 2.75) is 25.3 Å². The Balaban J connectivity index is 1.98. The highest BCUT2D eigenvalue weighted by atomic mass is 14.8. The van der Waals surface area contributed by atoms with Crippen molar-refractivity contribution in [3.8, 4) is 6.07 Å². The van der Waals surface area contributed by atoms with Crippen molar-refractivity contribution in [1.29, 1.82) is 5.26 Å². The minimum Gasteiger partial charge on any atom is -0.328 e. The Morgan fingerprint density at radius 3 is 2.44 bits per heavy atom. The average molecular weight is 122 g/mol. The summed E-state index contributed by atoms with van der Waals surface area (Å²) in [5.41, 5.74) is 6.03. The Hall–Kier alpha value is -0.550. The molecule has 2 saturated carbocycles. The van der Waals surface area contributed by atoms with Gasteiger partial charge in [0.2, 0.25) is 0 Å². The molecule has 48 valence electrons. The zero-order valence-electron chi connectivity index (χ0n) is 5.30. The molecule has 0 saturated heterocycles. The minimum atomic E-state index is 0.359. The maximum atomic E-state index is 8.50. The fourth-order valence-electron chi connectivity index (χ4n) is 1.97. The predicted octanol–water partition coefficient (Wildman–Crippen LogP) is 0.637. The Labute approximate surface area is 54.6 Å². The number of hydrogen-bond donors (Lipinski definition) is 1. The van der Waals surface area contributed by atoms with E-state index in [1.807, 2.05) is 0 Å². The van der Waals surface area contributed by atoms with Gasteiger partial charge in [-0.15, -0.1) is 0 Å². The van der Waals surface area contributed by atoms with Crippen LogP contribution in [-0.2, 0) is 0 Å². The van der Waals surface area contributed by atoms with Crippen molar-refractivity contribution in [2.24, 2.45) is 17.1 Å². The molecule has 9 heavy (non-hydrogen) atoms. The van der Waals surface area contributed by atoms with Crippen molar-refractivity contribution in [3.63, 3.8) is 0 Å². The van der Waals surface area contributed by atoms with Gasteiger partial charge in [-0.05, 0) is 24.7 Å². The SMILES string of the molecule is N#CC1CC12CC(N)C2. The zero-order valence-corrected chi connectivity index (χ0v) is 5.30. The first-order chi connectivity index (χ1) is 4.27. The van der Waals surface area contributed by atoms with Gasteiger partial charge < -0.3 is 5.73 Å². The molecule has 0 aliphatic heterocycles. The Bertz CT molecular complexity index is 174. The van der Waals surface area contributed by atoms with Gasteiger partial charge in [0.05, 0.1) is 12.0 Å². The molecule has 1 unspecified atom stereocenters. The van der Waals surface area contributed by atoms with Crippen LogP contribution in [0.1, 0.15) is 19.3 Å². The molecule has 2 aliphatic rings. The molecule has 0 aromatic rings. The fraction of sp³-hybridized carbons (Fsp3) is 0.857. The number of hydrogen-bond acceptors (Lipinski definition) is 2. The number of nitriles is 1. The smallest absolute Gasteiger partial charge is 0.0661 e. The molecule has 0 radical (unpaired) electrons. The van der Waals surface area contributed by atoms with E-state index in [4.69, 9.17) is 11.0 Å². The summed E-state index contributed by atoms with van der Waals surface area (Å²) in [6.07, 6.45) is 3.33. The number of nitrogens with zero attached hydrogens (tertiary/aromatic N) is 1. The molecule has 2 heteroatoms. The van der Waals surface area contributed by atoms with E-state index in [1.54, 1.807) is 0 Å². The third-order valence-corrected chi connectivity index (χ3v) is 2.68. The average Bonchev–Trinajstić information content (AvgIpc) is 2.41. The molecule has 0 bridgehead atoms. The Morgan fingerprint density at radius 2 is 2.11 bits per heavy atom. The van der Waals surface area contributed by atoms with Crippen molar-refractivity contribution in [1.82, 2.24) is 0 Å². The lowest BCUT2D eigenvalue weighted by atomic mass is 9.76. The second kappa shape index (κ2) is 1.30. The van der Waals surface area contributed by atoms with Crippen LogP contribution < -0.4 is 5.73 Å². The van der Waals surface area contributed by atoms with Gasteiger partial charge in [-0.25, -0.2) is 0 Å². The van der Waals surface area contributed by atoms with Crippen LogP contribution in [0.2, 0.25) is 0 Å². The van der Waals surface area contributed by atoms with Crippen molar-refractivity contribution in [2.75, 3.05) is 0 Å². The van der Waals surface area contributed by atoms with Gasteiger partial charge in [-0.3, -0.25) is 0 Å². The first kappa shape index (κ1) is 5.25. The van der Waals surface area contributed by atoms with E-state index < -0.39 is 0 Å². The van der Waals surface area contributed by atoms with Crippen LogP contribution in [0.5, 0.6) is 0 Å². The van der Waals surface area contributed by atoms with Crippen LogP contribution >= 0.6 is 0 Å². The topological polar surface area (TPSA) is 49.8 Å². The zero-order chi connectivity index (χ0) is 6.48. The highest BCUT2D eigenvalue weighted by Crippen LogP contribution is 2.64. The first-order valence-electron chi connectivity index (χ1n) is 3.42. The first-order valence-corrected chi connectivity index (χ1v) is 3.42. The highest BCUT2D eigenvalue weighted by molar-refractivity contribution is 5.19. The lowest BCUT2D eigenvalue weighted by Crippen LogP contribution is -2.38. The number of nitrogens with two attached hydrogens (primary N) is 1. The molecule has 1 atom stereocenters. The Kier molecular flexibility index (Phi) is 0.758. The van der Waals surface area contributed by atoms with Crippen molar-refractivity contribution >= 4 is 0 Å². The third kappa shape index (κ3) is 0.529. The number of rotatable bonds is 0. The van der Waals surface area contributed by atoms with Crippen molar-refractivity contribution < 1.29 is 0 Å². The van der Waals surface area contributed by atoms with Gasteiger partial charge >= 0.3 is 0 Å². The molecule has 2 fully saturated rings. The summed E-state index contributed by atoms with van der Waals surface area (Å²) in [6.45, 7) is 0. The fourth-order valence-corrected chi connectivity index (χ4v) is 1.97. The van der Waals surface area contributed by atoms with E-state index in [0.717, 1.165) is 19.3 Å². The summed E-state index contributed by atoms with van der Waals surface area (Å²) in [5.74, 6) is 0.359. The normalized spacial score (nSPS) is 54.2. The second-order valence-electron chi connectivity index (χ2n) is 3.42. The molecule has 0 heterocycles. The van der Waals surface area contributed by atoms with Crippen LogP contribution in [0.25, 0.3) is 0 Å². The standard InChI is InChI=1S/C7H10N2/c8-4-5-1-7(5)2-6(9)3-7/h5-6H,1-3,9H2. The summed E-state index contributed by atoms with van der Waals surface area (Å²) in [4.78, 5) is 0. The molecule has 0 aromatic heterocycles. The lowest BCUT2D eigenvalue weighted by molar-refractivity contribution is 0.227. The summed E-state index contributed by atoms with van der Waals surface area (Å²) in [7, 11) is 0. The molecule has 0 aromatic carbocycles. The van der Waals surface area contributed by atoms with Gasteiger partial charge in [0.25, 0.3) is 0 Å². The monoisotopic (exact) mass is 122 g/mol. The Morgan fingerprint density at radius 1 is 1.44 bits per heavy atom. The van der Waals surface area contributed by atoms with Gasteiger partial charge in [-0.1, -0.05) is 0 Å². The lowest BCUT2D eigenvalue weighted by Gasteiger charge is -2.32. The summed E-state index contributed by atoms with van der Waals surface area (Å²) in [5, 5.41) is 8.50. The van der Waals surface area contributed by atoms with Gasteiger partial charge in [0.15, 0.2) is 0 Å². The summed E-state index contributed by atoms with van der Waals surface area (Å²) < 4.78 is 0. The maximum Gasteiger partial charge on any atom is 0.0661 e. The van der Waals surface area contributed by atoms with E-state index in [9.17, 15) is 0 Å². The van der Waals surface area contributed by atoms with Gasteiger partial charge in [0.1, 0.15) is 0 Å². The van der Waals surface area contributed by atoms with E-state index in [2.05, 4.69) is 6.07 Å². The molecule has 2 nitrogen and oxygen atoms in total. The van der Waals surface area contributed by atoms with Gasteiger partial charge in [0, 0.05) is 6.04 Å². The van der Waals surface area contributed by atoms with Crippen LogP contribution in [0.15, 0.2) is 0 Å². The van der Waals surface area contributed by atoms with Crippen LogP contribution in [0.3, 0.4) is 0 Å². The molecular formula is C7H10N2. The second-order valence-corrected chi connectivity index (χ2v) is 3.42. The van der Waals surface area contributed by atoms with E-state index in [0.29, 0.717) is 17.4 Å². The van der Waals surface area contributed by atoms with Crippen LogP contribution in [0.4, 0.5) is 0 Å². The molecular weight excluding hydrogens is 112 g/mol. The molecule has 0 amide bonds. The van der Waals surface area contributed by atoms with E-state index >= 15 is 0 Å². The minimum absolute atomic E-state index is 0.359. The summed E-state index contributed by atoms with van der Waals surface area (Å²) in [6, 6.07) is 2.70. The molecule has 2 rings (SSSR count).